The maximum absolute atomic E-state index is 13.2. The summed E-state index contributed by atoms with van der Waals surface area (Å²) >= 11 is 0. The molecule has 1 aromatic rings. The molecule has 1 aromatic carbocycles. The average Bonchev–Trinajstić information content (AvgIpc) is 2.42. The van der Waals surface area contributed by atoms with Crippen LogP contribution < -0.4 is 0 Å². The van der Waals surface area contributed by atoms with E-state index in [9.17, 15) is 31.5 Å². The third-order valence-corrected chi connectivity index (χ3v) is 2.12. The molecule has 0 heterocycles. The van der Waals surface area contributed by atoms with Gasteiger partial charge in [-0.25, -0.2) is 26.7 Å². The Kier molecular flexibility index (Phi) is 4.43. The molecule has 0 radical (unpaired) electrons. The van der Waals surface area contributed by atoms with Crippen LogP contribution in [0.3, 0.4) is 0 Å². The Labute approximate surface area is 108 Å². The monoisotopic (exact) mass is 296 g/mol. The lowest BCUT2D eigenvalue weighted by Gasteiger charge is -2.05. The van der Waals surface area contributed by atoms with Crippen molar-refractivity contribution < 1.29 is 41.4 Å². The third kappa shape index (κ3) is 2.60. The number of aliphatic hydroxyl groups excluding tert-OH is 1. The van der Waals surface area contributed by atoms with Gasteiger partial charge in [0.05, 0.1) is 12.7 Å². The number of carbonyl (C=O) groups excluding carboxylic acids is 2. The Bertz CT molecular complexity index is 595. The number of benzene rings is 1. The molecule has 4 nitrogen and oxygen atoms in total. The van der Waals surface area contributed by atoms with Gasteiger partial charge in [0.25, 0.3) is 0 Å². The Morgan fingerprint density at radius 3 is 1.75 bits per heavy atom. The summed E-state index contributed by atoms with van der Waals surface area (Å²) in [6, 6.07) is 0. The smallest absolute Gasteiger partial charge is 0.373 e. The van der Waals surface area contributed by atoms with E-state index in [0.717, 1.165) is 7.11 Å². The molecule has 0 bridgehead atoms. The van der Waals surface area contributed by atoms with Crippen molar-refractivity contribution in [2.45, 2.75) is 0 Å². The van der Waals surface area contributed by atoms with Crippen molar-refractivity contribution in [2.24, 2.45) is 0 Å². The summed E-state index contributed by atoms with van der Waals surface area (Å²) in [5.41, 5.74) is -1.79. The van der Waals surface area contributed by atoms with E-state index in [1.54, 1.807) is 0 Å². The van der Waals surface area contributed by atoms with Crippen molar-refractivity contribution in [2.75, 3.05) is 7.11 Å². The minimum absolute atomic E-state index is 0.0237. The first kappa shape index (κ1) is 15.6. The summed E-state index contributed by atoms with van der Waals surface area (Å²) < 4.78 is 68.8. The second-order valence-corrected chi connectivity index (χ2v) is 3.33. The average molecular weight is 296 g/mol. The van der Waals surface area contributed by atoms with Crippen LogP contribution in [0.2, 0.25) is 0 Å². The SMILES string of the molecule is COC(=O)/C(O)=C/C(=O)c1c(F)c(F)c(F)c(F)c1F. The maximum atomic E-state index is 13.2. The number of ketones is 1. The van der Waals surface area contributed by atoms with Crippen LogP contribution in [0.1, 0.15) is 10.4 Å². The van der Waals surface area contributed by atoms with Crippen LogP contribution in [-0.4, -0.2) is 24.0 Å². The highest BCUT2D eigenvalue weighted by Gasteiger charge is 2.29. The van der Waals surface area contributed by atoms with Crippen LogP contribution >= 0.6 is 0 Å². The van der Waals surface area contributed by atoms with Crippen LogP contribution in [-0.2, 0) is 9.53 Å². The number of hydrogen-bond acceptors (Lipinski definition) is 4. The zero-order chi connectivity index (χ0) is 15.6. The highest BCUT2D eigenvalue weighted by Crippen LogP contribution is 2.23. The summed E-state index contributed by atoms with van der Waals surface area (Å²) in [4.78, 5) is 22.1. The molecule has 20 heavy (non-hydrogen) atoms. The van der Waals surface area contributed by atoms with E-state index in [1.807, 2.05) is 0 Å². The molecule has 0 amide bonds. The van der Waals surface area contributed by atoms with Crippen molar-refractivity contribution in [3.63, 3.8) is 0 Å². The molecule has 0 aliphatic carbocycles. The molecule has 0 unspecified atom stereocenters. The number of allylic oxidation sites excluding steroid dienone is 1. The largest absolute Gasteiger partial charge is 0.502 e. The third-order valence-electron chi connectivity index (χ3n) is 2.12. The molecule has 0 aromatic heterocycles. The summed E-state index contributed by atoms with van der Waals surface area (Å²) in [6.07, 6.45) is -0.0237. The Balaban J connectivity index is 3.42. The minimum Gasteiger partial charge on any atom is -0.502 e. The number of halogens is 5. The van der Waals surface area contributed by atoms with Gasteiger partial charge < -0.3 is 9.84 Å². The molecule has 0 spiro atoms. The van der Waals surface area contributed by atoms with Gasteiger partial charge in [-0.05, 0) is 0 Å². The first-order valence-electron chi connectivity index (χ1n) is 4.77. The Morgan fingerprint density at radius 1 is 0.950 bits per heavy atom. The lowest BCUT2D eigenvalue weighted by molar-refractivity contribution is -0.139. The van der Waals surface area contributed by atoms with Crippen LogP contribution in [0.15, 0.2) is 11.8 Å². The van der Waals surface area contributed by atoms with Gasteiger partial charge in [-0.1, -0.05) is 0 Å². The molecule has 9 heteroatoms. The fraction of sp³-hybridized carbons (Fsp3) is 0.0909. The van der Waals surface area contributed by atoms with E-state index in [4.69, 9.17) is 5.11 Å². The topological polar surface area (TPSA) is 63.6 Å². The van der Waals surface area contributed by atoms with Gasteiger partial charge in [-0.15, -0.1) is 0 Å². The van der Waals surface area contributed by atoms with E-state index >= 15 is 0 Å². The van der Waals surface area contributed by atoms with E-state index in [1.165, 1.54) is 0 Å². The molecule has 0 aliphatic rings. The number of ether oxygens (including phenoxy) is 1. The van der Waals surface area contributed by atoms with Gasteiger partial charge in [0, 0.05) is 6.08 Å². The molecule has 1 N–H and O–H groups in total. The van der Waals surface area contributed by atoms with E-state index in [-0.39, 0.29) is 6.08 Å². The fourth-order valence-corrected chi connectivity index (χ4v) is 1.18. The summed E-state index contributed by atoms with van der Waals surface area (Å²) in [7, 11) is 0.829. The number of methoxy groups -OCH3 is 1. The quantitative estimate of drug-likeness (QED) is 0.177. The predicted octanol–water partition coefficient (Wildman–Crippen LogP) is 2.18. The van der Waals surface area contributed by atoms with E-state index in [0.29, 0.717) is 0 Å². The lowest BCUT2D eigenvalue weighted by atomic mass is 10.1. The van der Waals surface area contributed by atoms with Crippen molar-refractivity contribution in [1.29, 1.82) is 0 Å². The number of carbonyl (C=O) groups is 2. The van der Waals surface area contributed by atoms with Gasteiger partial charge >= 0.3 is 5.97 Å². The second-order valence-electron chi connectivity index (χ2n) is 3.33. The highest BCUT2D eigenvalue weighted by atomic mass is 19.2. The summed E-state index contributed by atoms with van der Waals surface area (Å²) in [6.45, 7) is 0. The van der Waals surface area contributed by atoms with Gasteiger partial charge in [-0.2, -0.15) is 0 Å². The van der Waals surface area contributed by atoms with Crippen LogP contribution in [0, 0.1) is 29.1 Å². The van der Waals surface area contributed by atoms with Crippen LogP contribution in [0.25, 0.3) is 0 Å². The second kappa shape index (κ2) is 5.68. The number of aliphatic hydroxyl groups is 1. The summed E-state index contributed by atoms with van der Waals surface area (Å²) in [5, 5.41) is 8.98. The van der Waals surface area contributed by atoms with Crippen molar-refractivity contribution >= 4 is 11.8 Å². The predicted molar refractivity (Wildman–Crippen MR) is 53.3 cm³/mol. The lowest BCUT2D eigenvalue weighted by Crippen LogP contribution is -2.13. The molecule has 1 rings (SSSR count). The van der Waals surface area contributed by atoms with Gasteiger partial charge in [0.15, 0.2) is 29.1 Å². The molecule has 0 fully saturated rings. The normalized spacial score (nSPS) is 11.4. The number of esters is 1. The van der Waals surface area contributed by atoms with Crippen molar-refractivity contribution in [3.8, 4) is 0 Å². The maximum Gasteiger partial charge on any atom is 0.373 e. The van der Waals surface area contributed by atoms with Gasteiger partial charge in [0.2, 0.25) is 11.6 Å². The number of hydrogen-bond donors (Lipinski definition) is 1. The highest BCUT2D eigenvalue weighted by molar-refractivity contribution is 6.08. The molecule has 0 atom stereocenters. The molecule has 108 valence electrons. The molecule has 0 saturated heterocycles. The van der Waals surface area contributed by atoms with Gasteiger partial charge in [0.1, 0.15) is 0 Å². The fourth-order valence-electron chi connectivity index (χ4n) is 1.18. The zero-order valence-corrected chi connectivity index (χ0v) is 9.64. The molecule has 0 aliphatic heterocycles. The Morgan fingerprint density at radius 2 is 1.35 bits per heavy atom. The van der Waals surface area contributed by atoms with Crippen molar-refractivity contribution in [1.82, 2.24) is 0 Å². The van der Waals surface area contributed by atoms with Crippen molar-refractivity contribution in [3.05, 3.63) is 46.5 Å². The summed E-state index contributed by atoms with van der Waals surface area (Å²) in [5.74, 6) is -16.4. The van der Waals surface area contributed by atoms with Gasteiger partial charge in [-0.3, -0.25) is 4.79 Å². The van der Waals surface area contributed by atoms with E-state index < -0.39 is 52.2 Å². The molecular weight excluding hydrogens is 291 g/mol. The first-order chi connectivity index (χ1) is 9.22. The minimum atomic E-state index is -2.43. The van der Waals surface area contributed by atoms with Crippen LogP contribution in [0.4, 0.5) is 22.0 Å². The standard InChI is InChI=1S/C11H5F5O4/c1-20-11(19)4(18)2-3(17)5-6(12)8(14)10(16)9(15)7(5)13/h2,18H,1H3/b4-2-. The van der Waals surface area contributed by atoms with E-state index in [2.05, 4.69) is 4.74 Å². The van der Waals surface area contributed by atoms with Crippen LogP contribution in [0.5, 0.6) is 0 Å². The zero-order valence-electron chi connectivity index (χ0n) is 9.64. The number of rotatable bonds is 3. The molecular formula is C11H5F5O4. The Hall–Kier alpha value is -2.45. The molecule has 0 saturated carbocycles. The first-order valence-corrected chi connectivity index (χ1v) is 4.77.